The van der Waals surface area contributed by atoms with Crippen molar-refractivity contribution in [3.05, 3.63) is 181 Å². The molecule has 0 nitrogen and oxygen atoms in total. The summed E-state index contributed by atoms with van der Waals surface area (Å²) < 4.78 is 0. The van der Waals surface area contributed by atoms with Crippen LogP contribution in [0.5, 0.6) is 0 Å². The van der Waals surface area contributed by atoms with E-state index in [1.807, 2.05) is 60.7 Å². The zero-order chi connectivity index (χ0) is 27.5. The van der Waals surface area contributed by atoms with Gasteiger partial charge in [0.2, 0.25) is 0 Å². The van der Waals surface area contributed by atoms with Crippen molar-refractivity contribution in [1.29, 1.82) is 0 Å². The Balaban J connectivity index is 0.000000282. The van der Waals surface area contributed by atoms with E-state index in [4.69, 9.17) is 0 Å². The fourth-order valence-corrected chi connectivity index (χ4v) is 4.02. The normalized spacial score (nSPS) is 8.88. The van der Waals surface area contributed by atoms with Crippen LogP contribution >= 0.6 is 34.0 Å². The summed E-state index contributed by atoms with van der Waals surface area (Å²) in [5, 5.41) is 5.35. The quantitative estimate of drug-likeness (QED) is 0.117. The molecule has 0 fully saturated rings. The average Bonchev–Trinajstić information content (AvgIpc) is 3.67. The van der Waals surface area contributed by atoms with Gasteiger partial charge < -0.3 is 0 Å². The van der Waals surface area contributed by atoms with Crippen LogP contribution in [0.1, 0.15) is 5.56 Å². The first-order chi connectivity index (χ1) is 19.3. The number of fused-ring (bicyclic) bond motifs is 2. The first-order valence-corrected chi connectivity index (χ1v) is 15.5. The van der Waals surface area contributed by atoms with E-state index >= 15 is 0 Å². The summed E-state index contributed by atoms with van der Waals surface area (Å²) in [6, 6.07) is 61.2. The van der Waals surface area contributed by atoms with Crippen molar-refractivity contribution >= 4 is 63.1 Å². The molecule has 7 rings (SSSR count). The van der Waals surface area contributed by atoms with Crippen LogP contribution in [-0.4, -0.2) is 7.63 Å². The van der Waals surface area contributed by atoms with Crippen molar-refractivity contribution in [3.8, 4) is 11.1 Å². The second-order valence-electron chi connectivity index (χ2n) is 8.52. The van der Waals surface area contributed by atoms with Gasteiger partial charge in [-0.05, 0) is 5.56 Å². The molecule has 2 radical (unpaired) electrons. The van der Waals surface area contributed by atoms with Gasteiger partial charge in [-0.25, -0.2) is 0 Å². The smallest absolute Gasteiger partial charge is 0.0279 e. The number of rotatable bonds is 1. The summed E-state index contributed by atoms with van der Waals surface area (Å²) in [6.07, 6.45) is 0. The summed E-state index contributed by atoms with van der Waals surface area (Å²) >= 11 is 1.81. The monoisotopic (exact) mass is 710 g/mol. The van der Waals surface area contributed by atoms with Crippen molar-refractivity contribution in [2.24, 2.45) is 0 Å². The van der Waals surface area contributed by atoms with E-state index in [2.05, 4.69) is 130 Å². The zero-order valence-corrected chi connectivity index (χ0v) is 28.9. The van der Waals surface area contributed by atoms with E-state index in [1.54, 1.807) is 19.2 Å². The van der Waals surface area contributed by atoms with Gasteiger partial charge in [0.15, 0.2) is 0 Å². The van der Waals surface area contributed by atoms with E-state index in [0.29, 0.717) is 0 Å². The van der Waals surface area contributed by atoms with Crippen LogP contribution in [0.3, 0.4) is 0 Å². The molecule has 206 valence electrons. The van der Waals surface area contributed by atoms with Crippen LogP contribution in [0.4, 0.5) is 0 Å². The molecule has 41 heavy (non-hydrogen) atoms. The molecule has 0 heterocycles. The predicted molar refractivity (Wildman–Crippen MR) is 186 cm³/mol. The van der Waals surface area contributed by atoms with E-state index in [0.717, 1.165) is 0 Å². The fourth-order valence-electron chi connectivity index (χ4n) is 4.02. The molecule has 4 heteroatoms. The zero-order valence-electron chi connectivity index (χ0n) is 22.9. The standard InChI is InChI=1S/C15H11.C10H9.2C6H5.2BrH.Si.Ti/c1-2-6-12(7-3-1)14-10-4-8-13-9-5-11-15(13)14;1-8-6-9-4-2-3-5-10(9)7-8;2*1-2-4-6-5-3-1;;;;/h1-11H;2-7H,1H3;2*1-5H;2*1H;;/q4*-1;;;;. The second kappa shape index (κ2) is 21.9. The first-order valence-electron chi connectivity index (χ1n) is 12.7. The maximum atomic E-state index is 2.97. The fraction of sp³-hybridized carbons (Fsp3) is 0.0270. The summed E-state index contributed by atoms with van der Waals surface area (Å²) in [5.74, 6) is 0. The third kappa shape index (κ3) is 12.7. The molecule has 0 N–H and O–H groups in total. The van der Waals surface area contributed by atoms with Gasteiger partial charge in [0, 0.05) is 0 Å². The molecule has 0 aliphatic heterocycles. The Morgan fingerprint density at radius 1 is 0.585 bits per heavy atom. The Labute approximate surface area is 279 Å². The molecule has 0 saturated carbocycles. The van der Waals surface area contributed by atoms with Crippen molar-refractivity contribution in [1.82, 2.24) is 0 Å². The van der Waals surface area contributed by atoms with E-state index in [9.17, 15) is 0 Å². The third-order valence-corrected chi connectivity index (χ3v) is 5.74. The van der Waals surface area contributed by atoms with Gasteiger partial charge in [-0.3, -0.25) is 0 Å². The van der Waals surface area contributed by atoms with Crippen molar-refractivity contribution in [2.45, 2.75) is 6.92 Å². The molecule has 0 aliphatic carbocycles. The molecular weight excluding hydrogens is 680 g/mol. The molecule has 7 aromatic rings. The van der Waals surface area contributed by atoms with Gasteiger partial charge in [-0.2, -0.15) is 91.0 Å². The Kier molecular flexibility index (Phi) is 19.3. The molecular formula is C37H32Br2SiTi-4. The van der Waals surface area contributed by atoms with Crippen molar-refractivity contribution in [3.63, 3.8) is 0 Å². The minimum absolute atomic E-state index is 0. The molecule has 7 aromatic carbocycles. The molecule has 0 spiro atoms. The largest absolute Gasteiger partial charge is 0.184 e. The minimum Gasteiger partial charge on any atom is -0.184 e. The Bertz CT molecular complexity index is 1480. The first kappa shape index (κ1) is 36.2. The maximum Gasteiger partial charge on any atom is -0.0279 e. The number of halogens is 2. The third-order valence-electron chi connectivity index (χ3n) is 5.74. The van der Waals surface area contributed by atoms with Crippen LogP contribution in [-0.2, 0) is 19.2 Å². The molecule has 0 atom stereocenters. The molecule has 0 unspecified atom stereocenters. The van der Waals surface area contributed by atoms with Gasteiger partial charge in [0.25, 0.3) is 0 Å². The number of aryl methyl sites for hydroxylation is 1. The summed E-state index contributed by atoms with van der Waals surface area (Å²) in [4.78, 5) is 0. The summed E-state index contributed by atoms with van der Waals surface area (Å²) in [7, 11) is 2.97. The van der Waals surface area contributed by atoms with Crippen molar-refractivity contribution < 1.29 is 19.2 Å². The van der Waals surface area contributed by atoms with Gasteiger partial charge in [-0.1, -0.05) is 55.0 Å². The van der Waals surface area contributed by atoms with Crippen LogP contribution in [0.2, 0.25) is 0 Å². The Morgan fingerprint density at radius 3 is 1.66 bits per heavy atom. The number of benzene rings is 5. The molecule has 0 aromatic heterocycles. The molecule has 0 aliphatic rings. The van der Waals surface area contributed by atoms with E-state index in [-0.39, 0.29) is 34.0 Å². The van der Waals surface area contributed by atoms with Gasteiger partial charge in [0.1, 0.15) is 0 Å². The van der Waals surface area contributed by atoms with Crippen LogP contribution < -0.4 is 0 Å². The topological polar surface area (TPSA) is 0 Å². The van der Waals surface area contributed by atoms with Crippen LogP contribution in [0, 0.1) is 19.1 Å². The Hall–Kier alpha value is -2.79. The molecule has 0 bridgehead atoms. The average molecular weight is 712 g/mol. The molecule has 0 saturated heterocycles. The maximum absolute atomic E-state index is 2.97. The summed E-state index contributed by atoms with van der Waals surface area (Å²) in [5.41, 5.74) is 3.95. The predicted octanol–water partition coefficient (Wildman–Crippen LogP) is 10.8. The number of hydrogen-bond acceptors (Lipinski definition) is 0. The Morgan fingerprint density at radius 2 is 1.12 bits per heavy atom. The van der Waals surface area contributed by atoms with E-state index in [1.165, 1.54) is 38.2 Å². The second-order valence-corrected chi connectivity index (χ2v) is 8.52. The van der Waals surface area contributed by atoms with Crippen molar-refractivity contribution in [2.75, 3.05) is 0 Å². The molecule has 0 amide bonds. The SMILES string of the molecule is Br.Br.Cc1cc2ccccc2[cH-]1.[Si]=[Ti].[c-]1ccccc1.[c-]1ccccc1.c1ccc(-c2cccc3[cH-]ccc23)cc1. The minimum atomic E-state index is 0. The van der Waals surface area contributed by atoms with Crippen LogP contribution in [0.15, 0.2) is 164 Å². The van der Waals surface area contributed by atoms with Crippen LogP contribution in [0.25, 0.3) is 32.7 Å². The van der Waals surface area contributed by atoms with E-state index < -0.39 is 0 Å². The van der Waals surface area contributed by atoms with Gasteiger partial charge in [0.05, 0.1) is 0 Å². The van der Waals surface area contributed by atoms with Gasteiger partial charge in [-0.15, -0.1) is 104 Å². The van der Waals surface area contributed by atoms with Gasteiger partial charge >= 0.3 is 26.8 Å². The number of hydrogen-bond donors (Lipinski definition) is 0. The summed E-state index contributed by atoms with van der Waals surface area (Å²) in [6.45, 7) is 2.12.